The number of nitrogens with one attached hydrogen (secondary N) is 2. The van der Waals surface area contributed by atoms with E-state index in [0.717, 1.165) is 28.5 Å². The first kappa shape index (κ1) is 68.7. The minimum absolute atomic E-state index is 0.0163. The van der Waals surface area contributed by atoms with Gasteiger partial charge in [-0.1, -0.05) is 123 Å². The van der Waals surface area contributed by atoms with Gasteiger partial charge in [-0.25, -0.2) is 4.79 Å². The summed E-state index contributed by atoms with van der Waals surface area (Å²) in [5.74, 6) is -1.35. The number of hydrogen-bond donors (Lipinski definition) is 2. The number of aromatic nitrogens is 1. The van der Waals surface area contributed by atoms with E-state index in [9.17, 15) is 27.6 Å². The second-order valence-electron chi connectivity index (χ2n) is 27.8. The van der Waals surface area contributed by atoms with Crippen LogP contribution >= 0.6 is 0 Å². The molecule has 1 aromatic heterocycles. The molecule has 3 aromatic carbocycles. The van der Waals surface area contributed by atoms with Crippen molar-refractivity contribution in [1.29, 1.82) is 0 Å². The Hall–Kier alpha value is -5.12. The molecule has 4 aromatic rings. The number of pyridine rings is 1. The Labute approximate surface area is 496 Å². The van der Waals surface area contributed by atoms with Gasteiger partial charge in [0.25, 0.3) is 0 Å². The number of amides is 2. The number of carbonyl (C=O) groups excluding carboxylic acids is 3. The van der Waals surface area contributed by atoms with Crippen molar-refractivity contribution < 1.29 is 55.0 Å². The standard InChI is InChI=1S/C65H96F3N3O9Si3/c1-61(2,3)77-60(74)70-42-55(59(73)71-50-33-32-48-41-69-37-36-47(48)38-50)46-30-28-45(29-31-46)43-76-58(72)27-22-20-19-21-26-53-54(57(80-83(17,18)64(10,11)12)40-56(53)79-82(15,16)63(7,8)9)35-34-52(78-81(13,14)62(4,5)6)44-75-51-25-23-24-49(39-51)65(66,67)68/h19,21,23-25,28-39,41,52-57H,20,22,26-27,40,42-44H2,1-18H3,(H,70,74)(H,71,73)/b21-19+,35-34+/t52?,53-,54-,55?,56+,57-/m1/s1. The summed E-state index contributed by atoms with van der Waals surface area (Å²) in [5.41, 5.74) is 0.516. The number of unbranched alkanes of at least 4 members (excludes halogenated alkanes) is 1. The van der Waals surface area contributed by atoms with Gasteiger partial charge in [-0.05, 0) is 160 Å². The van der Waals surface area contributed by atoms with Crippen LogP contribution in [-0.2, 0) is 45.1 Å². The van der Waals surface area contributed by atoms with Crippen LogP contribution in [0.25, 0.3) is 10.8 Å². The number of fused-ring (bicyclic) bond motifs is 1. The molecule has 1 fully saturated rings. The number of hydrogen-bond acceptors (Lipinski definition) is 10. The molecule has 0 radical (unpaired) electrons. The molecule has 0 aliphatic heterocycles. The van der Waals surface area contributed by atoms with E-state index in [2.05, 4.69) is 142 Å². The largest absolute Gasteiger partial charge is 0.491 e. The number of alkyl carbamates (subject to hydrolysis) is 1. The van der Waals surface area contributed by atoms with Gasteiger partial charge in [-0.15, -0.1) is 0 Å². The average molecular weight is 1200 g/mol. The van der Waals surface area contributed by atoms with E-state index in [1.54, 1.807) is 51.4 Å². The number of nitrogens with zero attached hydrogens (tertiary/aromatic N) is 1. The van der Waals surface area contributed by atoms with Crippen LogP contribution in [0.15, 0.2) is 109 Å². The smallest absolute Gasteiger partial charge is 0.416 e. The molecule has 1 aliphatic carbocycles. The maximum atomic E-state index is 13.8. The van der Waals surface area contributed by atoms with Crippen LogP contribution in [0.4, 0.5) is 23.7 Å². The fourth-order valence-corrected chi connectivity index (χ4v) is 13.0. The Balaban J connectivity index is 1.30. The number of rotatable bonds is 24. The van der Waals surface area contributed by atoms with Gasteiger partial charge in [-0.2, -0.15) is 13.2 Å². The summed E-state index contributed by atoms with van der Waals surface area (Å²) in [6.45, 7) is 38.8. The average Bonchev–Trinajstić information content (AvgIpc) is 3.31. The van der Waals surface area contributed by atoms with Crippen LogP contribution in [0.2, 0.25) is 54.4 Å². The molecule has 5 rings (SSSR count). The van der Waals surface area contributed by atoms with Crippen molar-refractivity contribution in [3.05, 3.63) is 126 Å². The molecule has 1 heterocycles. The molecule has 18 heteroatoms. The van der Waals surface area contributed by atoms with Gasteiger partial charge in [0.1, 0.15) is 24.6 Å². The lowest BCUT2D eigenvalue weighted by atomic mass is 9.89. The molecule has 6 atom stereocenters. The third-order valence-electron chi connectivity index (χ3n) is 16.9. The van der Waals surface area contributed by atoms with Gasteiger partial charge in [-0.3, -0.25) is 14.6 Å². The number of alkyl halides is 3. The lowest BCUT2D eigenvalue weighted by molar-refractivity contribution is -0.145. The van der Waals surface area contributed by atoms with Crippen molar-refractivity contribution in [2.24, 2.45) is 11.8 Å². The summed E-state index contributed by atoms with van der Waals surface area (Å²) >= 11 is 0. The molecule has 458 valence electrons. The summed E-state index contributed by atoms with van der Waals surface area (Å²) in [6.07, 6.45) is 8.94. The summed E-state index contributed by atoms with van der Waals surface area (Å²) < 4.78 is 80.3. The first-order valence-corrected chi connectivity index (χ1v) is 38.0. The molecular formula is C65H96F3N3O9Si3. The molecule has 2 N–H and O–H groups in total. The highest BCUT2D eigenvalue weighted by molar-refractivity contribution is 6.75. The Bertz CT molecular complexity index is 2850. The van der Waals surface area contributed by atoms with Gasteiger partial charge >= 0.3 is 18.2 Å². The second-order valence-corrected chi connectivity index (χ2v) is 42.1. The zero-order valence-electron chi connectivity index (χ0n) is 52.8. The molecule has 0 saturated heterocycles. The van der Waals surface area contributed by atoms with E-state index in [0.29, 0.717) is 36.9 Å². The number of esters is 1. The van der Waals surface area contributed by atoms with Crippen molar-refractivity contribution in [2.75, 3.05) is 18.5 Å². The highest BCUT2D eigenvalue weighted by Gasteiger charge is 2.51. The molecule has 2 unspecified atom stereocenters. The highest BCUT2D eigenvalue weighted by atomic mass is 28.4. The quantitative estimate of drug-likeness (QED) is 0.0301. The summed E-state index contributed by atoms with van der Waals surface area (Å²) in [6, 6.07) is 19.6. The van der Waals surface area contributed by atoms with Crippen LogP contribution in [0.3, 0.4) is 0 Å². The molecule has 1 aliphatic rings. The van der Waals surface area contributed by atoms with E-state index in [-0.39, 0.29) is 83.0 Å². The van der Waals surface area contributed by atoms with E-state index in [1.807, 2.05) is 36.4 Å². The number of carbonyl (C=O) groups is 3. The molecule has 83 heavy (non-hydrogen) atoms. The Morgan fingerprint density at radius 2 is 1.39 bits per heavy atom. The van der Waals surface area contributed by atoms with Crippen molar-refractivity contribution in [3.63, 3.8) is 0 Å². The minimum atomic E-state index is -4.51. The zero-order chi connectivity index (χ0) is 62.0. The molecule has 1 saturated carbocycles. The summed E-state index contributed by atoms with van der Waals surface area (Å²) in [5, 5.41) is 7.36. The van der Waals surface area contributed by atoms with Gasteiger partial charge in [0.05, 0.1) is 29.8 Å². The molecule has 0 spiro atoms. The maximum absolute atomic E-state index is 13.8. The van der Waals surface area contributed by atoms with E-state index < -0.39 is 60.4 Å². The molecule has 2 amide bonds. The van der Waals surface area contributed by atoms with Crippen LogP contribution < -0.4 is 15.4 Å². The third kappa shape index (κ3) is 20.5. The van der Waals surface area contributed by atoms with Gasteiger partial charge in [0.2, 0.25) is 5.91 Å². The van der Waals surface area contributed by atoms with Crippen LogP contribution in [-0.4, -0.2) is 85.0 Å². The highest BCUT2D eigenvalue weighted by Crippen LogP contribution is 2.48. The first-order chi connectivity index (χ1) is 38.2. The molecule has 12 nitrogen and oxygen atoms in total. The number of ether oxygens (including phenoxy) is 3. The number of allylic oxidation sites excluding steroid dienone is 2. The van der Waals surface area contributed by atoms with Crippen molar-refractivity contribution >= 4 is 59.4 Å². The number of anilines is 1. The van der Waals surface area contributed by atoms with Crippen LogP contribution in [0, 0.1) is 11.8 Å². The Morgan fingerprint density at radius 1 is 0.747 bits per heavy atom. The predicted octanol–water partition coefficient (Wildman–Crippen LogP) is 17.1. The van der Waals surface area contributed by atoms with Crippen molar-refractivity contribution in [2.45, 2.75) is 212 Å². The summed E-state index contributed by atoms with van der Waals surface area (Å²) in [7, 11) is -7.01. The van der Waals surface area contributed by atoms with Crippen molar-refractivity contribution in [3.8, 4) is 5.75 Å². The van der Waals surface area contributed by atoms with Gasteiger partial charge in [0.15, 0.2) is 25.0 Å². The fourth-order valence-electron chi connectivity index (χ4n) is 8.98. The maximum Gasteiger partial charge on any atom is 0.416 e. The monoisotopic (exact) mass is 1200 g/mol. The van der Waals surface area contributed by atoms with Crippen molar-refractivity contribution in [1.82, 2.24) is 10.3 Å². The van der Waals surface area contributed by atoms with E-state index in [4.69, 9.17) is 27.5 Å². The second kappa shape index (κ2) is 27.9. The molecule has 0 bridgehead atoms. The van der Waals surface area contributed by atoms with Crippen LogP contribution in [0.1, 0.15) is 138 Å². The third-order valence-corrected chi connectivity index (χ3v) is 30.4. The van der Waals surface area contributed by atoms with Gasteiger partial charge in [0, 0.05) is 42.4 Å². The SMILES string of the molecule is CC(C)(C)OC(=O)NCC(C(=O)Nc1ccc2cnccc2c1)c1ccc(COC(=O)CCC/C=C/C[C@@H]2[C@@H](/C=C/C(COc3cccc(C(F)(F)F)c3)O[Si](C)(C)C(C)(C)C)[C@H](O[Si](C)(C)C(C)(C)C)C[C@@H]2O[Si](C)(C)C(C)(C)C)cc1. The predicted molar refractivity (Wildman–Crippen MR) is 335 cm³/mol. The van der Waals surface area contributed by atoms with Crippen LogP contribution in [0.5, 0.6) is 5.75 Å². The lowest BCUT2D eigenvalue weighted by Crippen LogP contribution is -2.45. The Morgan fingerprint density at radius 3 is 2.00 bits per heavy atom. The topological polar surface area (TPSA) is 144 Å². The Kier molecular flexibility index (Phi) is 23.1. The van der Waals surface area contributed by atoms with Gasteiger partial charge < -0.3 is 38.1 Å². The lowest BCUT2D eigenvalue weighted by Gasteiger charge is -2.40. The van der Waals surface area contributed by atoms with E-state index in [1.165, 1.54) is 6.07 Å². The zero-order valence-corrected chi connectivity index (χ0v) is 55.8. The molecular weight excluding hydrogens is 1110 g/mol. The number of benzene rings is 3. The normalized spacial score (nSPS) is 18.6. The minimum Gasteiger partial charge on any atom is -0.491 e. The first-order valence-electron chi connectivity index (χ1n) is 29.3. The summed E-state index contributed by atoms with van der Waals surface area (Å²) in [4.78, 5) is 43.8. The number of halogens is 3. The fraction of sp³-hybridized carbons (Fsp3) is 0.569. The van der Waals surface area contributed by atoms with E-state index >= 15 is 0 Å².